The lowest BCUT2D eigenvalue weighted by Crippen LogP contribution is -2.54. The number of fused-ring (bicyclic) bond motifs is 3. The zero-order valence-electron chi connectivity index (χ0n) is 27.7. The van der Waals surface area contributed by atoms with E-state index in [1.807, 2.05) is 0 Å². The SMILES string of the molecule is O=C1CCC(N2C(=O)c3cccc(NCCOCCOc4ccc(S(=O)(=O)NC(=O)Nc5c6c(cc7c5CCC7)CCC6)cc4)c3C2=O)C(=O)N1. The van der Waals surface area contributed by atoms with E-state index in [0.29, 0.717) is 18.0 Å². The number of aryl methyl sites for hydroxylation is 2. The predicted molar refractivity (Wildman–Crippen MR) is 184 cm³/mol. The summed E-state index contributed by atoms with van der Waals surface area (Å²) in [5.41, 5.74) is 6.23. The number of carbonyl (C=O) groups is 5. The lowest BCUT2D eigenvalue weighted by Gasteiger charge is -2.27. The first-order valence-corrected chi connectivity index (χ1v) is 18.5. The van der Waals surface area contributed by atoms with Gasteiger partial charge in [0, 0.05) is 24.3 Å². The van der Waals surface area contributed by atoms with E-state index >= 15 is 0 Å². The summed E-state index contributed by atoms with van der Waals surface area (Å²) in [5, 5.41) is 8.13. The van der Waals surface area contributed by atoms with Crippen LogP contribution in [0.25, 0.3) is 0 Å². The normalized spacial score (nSPS) is 17.9. The Kier molecular flexibility index (Phi) is 9.48. The maximum atomic E-state index is 13.2. The minimum Gasteiger partial charge on any atom is -0.491 e. The van der Waals surface area contributed by atoms with E-state index < -0.39 is 45.7 Å². The molecule has 0 saturated carbocycles. The fraction of sp³-hybridized carbons (Fsp3) is 0.361. The van der Waals surface area contributed by atoms with Gasteiger partial charge in [-0.1, -0.05) is 12.1 Å². The van der Waals surface area contributed by atoms with E-state index in [-0.39, 0.29) is 48.7 Å². The molecule has 2 aliphatic heterocycles. The number of imide groups is 2. The van der Waals surface area contributed by atoms with Crippen molar-refractivity contribution in [1.82, 2.24) is 14.9 Å². The highest BCUT2D eigenvalue weighted by Gasteiger charge is 2.45. The maximum absolute atomic E-state index is 13.2. The van der Waals surface area contributed by atoms with Crippen LogP contribution in [-0.2, 0) is 50.0 Å². The number of nitrogens with zero attached hydrogens (tertiary/aromatic N) is 1. The molecule has 7 rings (SSSR count). The summed E-state index contributed by atoms with van der Waals surface area (Å²) in [7, 11) is -4.13. The number of hydrogen-bond acceptors (Lipinski definition) is 10. The predicted octanol–water partition coefficient (Wildman–Crippen LogP) is 3.08. The van der Waals surface area contributed by atoms with E-state index in [2.05, 4.69) is 26.7 Å². The Morgan fingerprint density at radius 1 is 0.863 bits per heavy atom. The molecule has 1 fully saturated rings. The van der Waals surface area contributed by atoms with Gasteiger partial charge in [-0.15, -0.1) is 0 Å². The number of rotatable bonds is 12. The van der Waals surface area contributed by atoms with Gasteiger partial charge in [0.2, 0.25) is 11.8 Å². The molecule has 3 aromatic rings. The van der Waals surface area contributed by atoms with E-state index in [0.717, 1.165) is 60.2 Å². The number of amides is 6. The van der Waals surface area contributed by atoms with Crippen LogP contribution in [0.1, 0.15) is 68.7 Å². The number of ether oxygens (including phenoxy) is 2. The highest BCUT2D eigenvalue weighted by Crippen LogP contribution is 2.38. The zero-order chi connectivity index (χ0) is 35.7. The lowest BCUT2D eigenvalue weighted by atomic mass is 9.99. The average Bonchev–Trinajstić information content (AvgIpc) is 3.83. The van der Waals surface area contributed by atoms with E-state index in [4.69, 9.17) is 9.47 Å². The van der Waals surface area contributed by atoms with E-state index in [1.165, 1.54) is 41.5 Å². The van der Waals surface area contributed by atoms with Crippen molar-refractivity contribution in [3.05, 3.63) is 81.9 Å². The number of anilines is 2. The van der Waals surface area contributed by atoms with Crippen LogP contribution in [0.15, 0.2) is 53.4 Å². The first-order chi connectivity index (χ1) is 24.6. The second-order valence-corrected chi connectivity index (χ2v) is 14.5. The zero-order valence-corrected chi connectivity index (χ0v) is 28.5. The molecule has 1 atom stereocenters. The Hall–Kier alpha value is -5.28. The fourth-order valence-electron chi connectivity index (χ4n) is 7.24. The third-order valence-electron chi connectivity index (χ3n) is 9.60. The summed E-state index contributed by atoms with van der Waals surface area (Å²) in [6.07, 6.45) is 5.81. The number of nitrogens with one attached hydrogen (secondary N) is 4. The lowest BCUT2D eigenvalue weighted by molar-refractivity contribution is -0.136. The molecule has 0 radical (unpaired) electrons. The number of benzene rings is 3. The molecule has 2 heterocycles. The van der Waals surface area contributed by atoms with Crippen molar-refractivity contribution in [3.8, 4) is 5.75 Å². The monoisotopic (exact) mass is 715 g/mol. The molecular weight excluding hydrogens is 678 g/mol. The third-order valence-corrected chi connectivity index (χ3v) is 10.9. The minimum atomic E-state index is -4.13. The van der Waals surface area contributed by atoms with Gasteiger partial charge in [0.15, 0.2) is 0 Å². The fourth-order valence-corrected chi connectivity index (χ4v) is 8.15. The molecule has 4 aliphatic rings. The number of hydrogen-bond donors (Lipinski definition) is 4. The molecule has 3 aromatic carbocycles. The van der Waals surface area contributed by atoms with E-state index in [1.54, 1.807) is 12.1 Å². The first kappa shape index (κ1) is 34.2. The van der Waals surface area contributed by atoms with Gasteiger partial charge in [-0.2, -0.15) is 0 Å². The molecule has 15 heteroatoms. The van der Waals surface area contributed by atoms with E-state index in [9.17, 15) is 32.4 Å². The van der Waals surface area contributed by atoms with Crippen LogP contribution >= 0.6 is 0 Å². The van der Waals surface area contributed by atoms with Crippen LogP contribution < -0.4 is 25.4 Å². The highest BCUT2D eigenvalue weighted by atomic mass is 32.2. The second kappa shape index (κ2) is 14.2. The van der Waals surface area contributed by atoms with Gasteiger partial charge in [0.05, 0.1) is 29.2 Å². The molecule has 14 nitrogen and oxygen atoms in total. The van der Waals surface area contributed by atoms with Crippen LogP contribution in [-0.4, -0.2) is 75.4 Å². The van der Waals surface area contributed by atoms with Crippen molar-refractivity contribution in [3.63, 3.8) is 0 Å². The minimum absolute atomic E-state index is 0.0402. The smallest absolute Gasteiger partial charge is 0.333 e. The topological polar surface area (TPSA) is 189 Å². The Morgan fingerprint density at radius 2 is 1.59 bits per heavy atom. The van der Waals surface area contributed by atoms with Crippen LogP contribution in [0.3, 0.4) is 0 Å². The number of sulfonamides is 1. The molecule has 0 spiro atoms. The molecular formula is C36H37N5O9S. The second-order valence-electron chi connectivity index (χ2n) is 12.8. The summed E-state index contributed by atoms with van der Waals surface area (Å²) in [4.78, 5) is 63.8. The van der Waals surface area contributed by atoms with Crippen LogP contribution in [0, 0.1) is 0 Å². The van der Waals surface area contributed by atoms with Crippen LogP contribution in [0.4, 0.5) is 16.2 Å². The van der Waals surface area contributed by atoms with Crippen LogP contribution in [0.2, 0.25) is 0 Å². The van der Waals surface area contributed by atoms with Gasteiger partial charge in [0.25, 0.3) is 21.8 Å². The van der Waals surface area contributed by atoms with Gasteiger partial charge >= 0.3 is 6.03 Å². The Morgan fingerprint density at radius 3 is 2.29 bits per heavy atom. The molecule has 266 valence electrons. The number of carbonyl (C=O) groups excluding carboxylic acids is 5. The molecule has 1 saturated heterocycles. The molecule has 0 aromatic heterocycles. The van der Waals surface area contributed by atoms with Crippen molar-refractivity contribution in [1.29, 1.82) is 0 Å². The maximum Gasteiger partial charge on any atom is 0.333 e. The summed E-state index contributed by atoms with van der Waals surface area (Å²) in [6, 6.07) is 10.9. The summed E-state index contributed by atoms with van der Waals surface area (Å²) in [5.74, 6) is -1.87. The molecule has 2 aliphatic carbocycles. The largest absolute Gasteiger partial charge is 0.491 e. The Bertz CT molecular complexity index is 2020. The van der Waals surface area contributed by atoms with Gasteiger partial charge in [-0.05, 0) is 104 Å². The number of urea groups is 1. The molecule has 1 unspecified atom stereocenters. The van der Waals surface area contributed by atoms with Crippen molar-refractivity contribution in [2.45, 2.75) is 62.3 Å². The van der Waals surface area contributed by atoms with Gasteiger partial charge < -0.3 is 20.1 Å². The summed E-state index contributed by atoms with van der Waals surface area (Å²) >= 11 is 0. The molecule has 0 bridgehead atoms. The average molecular weight is 716 g/mol. The molecule has 6 amide bonds. The Labute approximate surface area is 294 Å². The number of piperidine rings is 1. The summed E-state index contributed by atoms with van der Waals surface area (Å²) in [6.45, 7) is 0.932. The van der Waals surface area contributed by atoms with Gasteiger partial charge in [-0.3, -0.25) is 29.4 Å². The Balaban J connectivity index is 0.854. The summed E-state index contributed by atoms with van der Waals surface area (Å²) < 4.78 is 39.4. The highest BCUT2D eigenvalue weighted by molar-refractivity contribution is 7.90. The van der Waals surface area contributed by atoms with Crippen LogP contribution in [0.5, 0.6) is 5.75 Å². The van der Waals surface area contributed by atoms with Crippen molar-refractivity contribution < 1.29 is 41.9 Å². The standard InChI is InChI=1S/C36H37N5O9S/c42-30-15-14-29(33(43)38-30)41-34(44)27-8-3-9-28(31(27)35(41)45)37-16-17-49-18-19-50-23-10-12-24(13-11-23)51(47,48)40-36(46)39-32-25-6-1-4-21(25)20-22-5-2-7-26(22)32/h3,8-13,20,29,37H,1-2,4-7,14-19H2,(H,38,42,43)(H2,39,40,46). The van der Waals surface area contributed by atoms with Gasteiger partial charge in [0.1, 0.15) is 18.4 Å². The molecule has 4 N–H and O–H groups in total. The third kappa shape index (κ3) is 6.90. The van der Waals surface area contributed by atoms with Crippen molar-refractivity contribution in [2.75, 3.05) is 37.0 Å². The van der Waals surface area contributed by atoms with Crippen molar-refractivity contribution in [2.24, 2.45) is 0 Å². The quantitative estimate of drug-likeness (QED) is 0.160. The first-order valence-electron chi connectivity index (χ1n) is 17.0. The molecule has 51 heavy (non-hydrogen) atoms. The van der Waals surface area contributed by atoms with Gasteiger partial charge in [-0.25, -0.2) is 17.9 Å². The van der Waals surface area contributed by atoms with Crippen molar-refractivity contribution >= 4 is 51.1 Å².